The van der Waals surface area contributed by atoms with Crippen molar-refractivity contribution in [3.63, 3.8) is 0 Å². The van der Waals surface area contributed by atoms with Gasteiger partial charge < -0.3 is 8.98 Å². The fourth-order valence-corrected chi connectivity index (χ4v) is 7.88. The van der Waals surface area contributed by atoms with Gasteiger partial charge in [0.25, 0.3) is 0 Å². The number of nitrogens with zero attached hydrogens (tertiary/aromatic N) is 4. The van der Waals surface area contributed by atoms with E-state index in [-0.39, 0.29) is 0 Å². The molecule has 0 aliphatic rings. The van der Waals surface area contributed by atoms with Gasteiger partial charge in [-0.15, -0.1) is 0 Å². The summed E-state index contributed by atoms with van der Waals surface area (Å²) in [6.45, 7) is 0. The first kappa shape index (κ1) is 30.3. The van der Waals surface area contributed by atoms with Gasteiger partial charge in [-0.2, -0.15) is 0 Å². The van der Waals surface area contributed by atoms with Crippen LogP contribution in [0.1, 0.15) is 0 Å². The second-order valence-electron chi connectivity index (χ2n) is 13.6. The van der Waals surface area contributed by atoms with E-state index in [9.17, 15) is 0 Å². The molecule has 0 radical (unpaired) electrons. The van der Waals surface area contributed by atoms with Crippen molar-refractivity contribution >= 4 is 54.6 Å². The Bertz CT molecular complexity index is 3150. The van der Waals surface area contributed by atoms with E-state index in [1.54, 1.807) is 0 Å². The number of benzene rings is 7. The average Bonchev–Trinajstić information content (AvgIpc) is 3.80. The second kappa shape index (κ2) is 12.1. The smallest absolute Gasteiger partial charge is 0.162 e. The molecule has 11 aromatic rings. The van der Waals surface area contributed by atoms with Crippen molar-refractivity contribution in [3.05, 3.63) is 182 Å². The van der Waals surface area contributed by atoms with Crippen molar-refractivity contribution in [2.24, 2.45) is 0 Å². The number of hydrogen-bond acceptors (Lipinski definition) is 4. The molecule has 0 saturated heterocycles. The van der Waals surface area contributed by atoms with Crippen molar-refractivity contribution in [1.29, 1.82) is 0 Å². The Morgan fingerprint density at radius 1 is 0.407 bits per heavy atom. The largest absolute Gasteiger partial charge is 0.454 e. The third kappa shape index (κ3) is 4.83. The monoisotopic (exact) mass is 690 g/mol. The van der Waals surface area contributed by atoms with Crippen LogP contribution in [0.2, 0.25) is 0 Å². The summed E-state index contributed by atoms with van der Waals surface area (Å²) in [5, 5.41) is 5.62. The summed E-state index contributed by atoms with van der Waals surface area (Å²) < 4.78 is 8.96. The Morgan fingerprint density at radius 3 is 1.69 bits per heavy atom. The van der Waals surface area contributed by atoms with Crippen molar-refractivity contribution in [1.82, 2.24) is 19.5 Å². The SMILES string of the molecule is c1ccc(-c2nc(-c3ccc(-n4c5ccccc5c5ccccc54)cc3)cc(-c3ccc4oc5c(-c6ccccc6)nc6ccccc6c5c4c3)n2)cc1. The number of rotatable bonds is 5. The van der Waals surface area contributed by atoms with Crippen molar-refractivity contribution < 1.29 is 4.42 Å². The Labute approximate surface area is 310 Å². The van der Waals surface area contributed by atoms with Crippen LogP contribution in [0.4, 0.5) is 0 Å². The number of furan rings is 1. The van der Waals surface area contributed by atoms with E-state index in [0.29, 0.717) is 5.82 Å². The molecule has 0 amide bonds. The molecule has 11 rings (SSSR count). The number of para-hydroxylation sites is 3. The van der Waals surface area contributed by atoms with Gasteiger partial charge >= 0.3 is 0 Å². The molecule has 4 aromatic heterocycles. The minimum atomic E-state index is 0.674. The number of pyridine rings is 1. The molecule has 0 fully saturated rings. The molecule has 0 saturated carbocycles. The lowest BCUT2D eigenvalue weighted by atomic mass is 10.0. The molecule has 252 valence electrons. The van der Waals surface area contributed by atoms with Crippen LogP contribution < -0.4 is 0 Å². The molecular formula is C49H30N4O. The normalized spacial score (nSPS) is 11.7. The van der Waals surface area contributed by atoms with Crippen LogP contribution in [0.5, 0.6) is 0 Å². The summed E-state index contributed by atoms with van der Waals surface area (Å²) in [5.74, 6) is 0.674. The fraction of sp³-hybridized carbons (Fsp3) is 0. The lowest BCUT2D eigenvalue weighted by Gasteiger charge is -2.11. The van der Waals surface area contributed by atoms with Crippen molar-refractivity contribution in [3.8, 4) is 50.8 Å². The Kier molecular flexibility index (Phi) is 6.79. The third-order valence-corrected chi connectivity index (χ3v) is 10.4. The van der Waals surface area contributed by atoms with Gasteiger partial charge in [0, 0.05) is 54.9 Å². The highest BCUT2D eigenvalue weighted by molar-refractivity contribution is 6.21. The maximum Gasteiger partial charge on any atom is 0.162 e. The molecule has 4 heterocycles. The molecule has 0 N–H and O–H groups in total. The second-order valence-corrected chi connectivity index (χ2v) is 13.6. The van der Waals surface area contributed by atoms with Crippen molar-refractivity contribution in [2.75, 3.05) is 0 Å². The topological polar surface area (TPSA) is 56.7 Å². The van der Waals surface area contributed by atoms with E-state index in [2.05, 4.69) is 144 Å². The number of fused-ring (bicyclic) bond motifs is 8. The van der Waals surface area contributed by atoms with Gasteiger partial charge in [-0.1, -0.05) is 127 Å². The molecule has 5 nitrogen and oxygen atoms in total. The highest BCUT2D eigenvalue weighted by Crippen LogP contribution is 2.41. The van der Waals surface area contributed by atoms with Gasteiger partial charge in [0.15, 0.2) is 11.4 Å². The molecule has 0 spiro atoms. The average molecular weight is 691 g/mol. The summed E-state index contributed by atoms with van der Waals surface area (Å²) in [6, 6.07) is 63.1. The standard InChI is InChI=1S/C49H30N4O/c1-3-13-32(14-4-1)47-48-46(38-19-7-10-20-40(38)50-47)39-29-34(25-28-45(39)54-48)42-30-41(51-49(52-42)33-15-5-2-6-16-33)31-23-26-35(27-24-31)53-43-21-11-8-17-36(43)37-18-9-12-22-44(37)53/h1-30H. The predicted molar refractivity (Wildman–Crippen MR) is 221 cm³/mol. The lowest BCUT2D eigenvalue weighted by molar-refractivity contribution is 0.669. The molecule has 7 aromatic carbocycles. The maximum absolute atomic E-state index is 6.62. The molecule has 0 unspecified atom stereocenters. The summed E-state index contributed by atoms with van der Waals surface area (Å²) >= 11 is 0. The van der Waals surface area contributed by atoms with E-state index >= 15 is 0 Å². The van der Waals surface area contributed by atoms with E-state index in [4.69, 9.17) is 19.4 Å². The van der Waals surface area contributed by atoms with Gasteiger partial charge in [0.05, 0.1) is 27.9 Å². The van der Waals surface area contributed by atoms with Crippen LogP contribution in [0.3, 0.4) is 0 Å². The third-order valence-electron chi connectivity index (χ3n) is 10.4. The van der Waals surface area contributed by atoms with E-state index < -0.39 is 0 Å². The molecular weight excluding hydrogens is 661 g/mol. The first-order valence-corrected chi connectivity index (χ1v) is 18.1. The zero-order chi connectivity index (χ0) is 35.6. The highest BCUT2D eigenvalue weighted by atomic mass is 16.3. The van der Waals surface area contributed by atoms with Gasteiger partial charge in [-0.05, 0) is 54.6 Å². The summed E-state index contributed by atoms with van der Waals surface area (Å²) in [5.41, 5.74) is 12.5. The molecule has 0 aliphatic carbocycles. The van der Waals surface area contributed by atoms with Crippen LogP contribution >= 0.6 is 0 Å². The Morgan fingerprint density at radius 2 is 0.981 bits per heavy atom. The van der Waals surface area contributed by atoms with Crippen LogP contribution in [-0.4, -0.2) is 19.5 Å². The van der Waals surface area contributed by atoms with E-state index in [1.807, 2.05) is 42.5 Å². The van der Waals surface area contributed by atoms with Crippen LogP contribution in [-0.2, 0) is 0 Å². The zero-order valence-electron chi connectivity index (χ0n) is 29.0. The molecule has 0 bridgehead atoms. The van der Waals surface area contributed by atoms with Crippen LogP contribution in [0.25, 0.3) is 105 Å². The van der Waals surface area contributed by atoms with Gasteiger partial charge in [-0.25, -0.2) is 15.0 Å². The molecule has 0 aliphatic heterocycles. The van der Waals surface area contributed by atoms with Crippen molar-refractivity contribution in [2.45, 2.75) is 0 Å². The predicted octanol–water partition coefficient (Wildman–Crippen LogP) is 12.7. The van der Waals surface area contributed by atoms with Crippen LogP contribution in [0.15, 0.2) is 186 Å². The fourth-order valence-electron chi connectivity index (χ4n) is 7.88. The van der Waals surface area contributed by atoms with Gasteiger partial charge in [0.2, 0.25) is 0 Å². The Hall–Kier alpha value is -7.37. The minimum Gasteiger partial charge on any atom is -0.454 e. The molecule has 5 heteroatoms. The lowest BCUT2D eigenvalue weighted by Crippen LogP contribution is -1.97. The zero-order valence-corrected chi connectivity index (χ0v) is 29.0. The van der Waals surface area contributed by atoms with Crippen LogP contribution in [0, 0.1) is 0 Å². The van der Waals surface area contributed by atoms with Gasteiger partial charge in [0.1, 0.15) is 11.3 Å². The number of aromatic nitrogens is 4. The maximum atomic E-state index is 6.62. The first-order chi connectivity index (χ1) is 26.8. The van der Waals surface area contributed by atoms with Gasteiger partial charge in [-0.3, -0.25) is 0 Å². The number of hydrogen-bond donors (Lipinski definition) is 0. The quantitative estimate of drug-likeness (QED) is 0.180. The minimum absolute atomic E-state index is 0.674. The molecule has 0 atom stereocenters. The van der Waals surface area contributed by atoms with E-state index in [0.717, 1.165) is 77.9 Å². The Balaban J connectivity index is 1.08. The first-order valence-electron chi connectivity index (χ1n) is 18.1. The summed E-state index contributed by atoms with van der Waals surface area (Å²) in [6.07, 6.45) is 0. The summed E-state index contributed by atoms with van der Waals surface area (Å²) in [7, 11) is 0. The molecule has 54 heavy (non-hydrogen) atoms. The summed E-state index contributed by atoms with van der Waals surface area (Å²) in [4.78, 5) is 15.4. The highest BCUT2D eigenvalue weighted by Gasteiger charge is 2.19. The van der Waals surface area contributed by atoms with E-state index in [1.165, 1.54) is 21.8 Å².